The molecule has 0 atom stereocenters. The highest BCUT2D eigenvalue weighted by molar-refractivity contribution is 5.78. The van der Waals surface area contributed by atoms with Crippen LogP contribution in [0.5, 0.6) is 0 Å². The predicted molar refractivity (Wildman–Crippen MR) is 75.7 cm³/mol. The molecule has 1 saturated carbocycles. The highest BCUT2D eigenvalue weighted by Crippen LogP contribution is 2.26. The van der Waals surface area contributed by atoms with Crippen LogP contribution in [0.1, 0.15) is 44.1 Å². The molecular weight excluding hydrogens is 276 g/mol. The van der Waals surface area contributed by atoms with E-state index in [1.54, 1.807) is 0 Å². The van der Waals surface area contributed by atoms with E-state index in [1.165, 1.54) is 6.07 Å². The number of hydrogen-bond donors (Lipinski definition) is 2. The Morgan fingerprint density at radius 1 is 1.19 bits per heavy atom. The molecule has 1 aromatic carbocycles. The van der Waals surface area contributed by atoms with Gasteiger partial charge in [-0.2, -0.15) is 0 Å². The summed E-state index contributed by atoms with van der Waals surface area (Å²) in [7, 11) is 0. The monoisotopic (exact) mass is 297 g/mol. The van der Waals surface area contributed by atoms with Crippen LogP contribution < -0.4 is 5.32 Å². The van der Waals surface area contributed by atoms with Crippen molar-refractivity contribution in [2.45, 2.75) is 50.5 Å². The van der Waals surface area contributed by atoms with Gasteiger partial charge in [0.05, 0.1) is 12.0 Å². The van der Waals surface area contributed by atoms with Gasteiger partial charge in [0.25, 0.3) is 0 Å². The van der Waals surface area contributed by atoms with Gasteiger partial charge in [-0.25, -0.2) is 8.78 Å². The summed E-state index contributed by atoms with van der Waals surface area (Å²) in [5.41, 5.74) is -0.699. The lowest BCUT2D eigenvalue weighted by atomic mass is 9.94. The minimum absolute atomic E-state index is 0.151. The minimum atomic E-state index is -0.854. The zero-order valence-electron chi connectivity index (χ0n) is 12.0. The van der Waals surface area contributed by atoms with E-state index in [2.05, 4.69) is 5.32 Å². The number of carbonyl (C=O) groups excluding carboxylic acids is 1. The summed E-state index contributed by atoms with van der Waals surface area (Å²) >= 11 is 0. The summed E-state index contributed by atoms with van der Waals surface area (Å²) in [5, 5.41) is 13.1. The quantitative estimate of drug-likeness (QED) is 0.840. The highest BCUT2D eigenvalue weighted by atomic mass is 19.1. The van der Waals surface area contributed by atoms with Crippen molar-refractivity contribution in [3.05, 3.63) is 35.4 Å². The Hall–Kier alpha value is -1.49. The van der Waals surface area contributed by atoms with Crippen molar-refractivity contribution in [3.8, 4) is 0 Å². The molecule has 116 valence electrons. The molecule has 3 nitrogen and oxygen atoms in total. The number of amides is 1. The lowest BCUT2D eigenvalue weighted by molar-refractivity contribution is -0.121. The minimum Gasteiger partial charge on any atom is -0.388 e. The van der Waals surface area contributed by atoms with Gasteiger partial charge in [-0.05, 0) is 24.5 Å². The molecule has 2 N–H and O–H groups in total. The van der Waals surface area contributed by atoms with Crippen LogP contribution in [-0.2, 0) is 11.2 Å². The first-order valence-electron chi connectivity index (χ1n) is 7.42. The Balaban J connectivity index is 1.86. The van der Waals surface area contributed by atoms with Gasteiger partial charge >= 0.3 is 0 Å². The Bertz CT molecular complexity index is 497. The molecule has 5 heteroatoms. The maximum absolute atomic E-state index is 13.5. The largest absolute Gasteiger partial charge is 0.388 e. The molecular formula is C16H21F2NO2. The third-order valence-corrected chi connectivity index (χ3v) is 4.02. The highest BCUT2D eigenvalue weighted by Gasteiger charge is 2.28. The summed E-state index contributed by atoms with van der Waals surface area (Å²) in [4.78, 5) is 11.8. The van der Waals surface area contributed by atoms with Crippen molar-refractivity contribution in [1.29, 1.82) is 0 Å². The number of benzene rings is 1. The third kappa shape index (κ3) is 4.77. The predicted octanol–water partition coefficient (Wildman–Crippen LogP) is 2.71. The Kier molecular flexibility index (Phi) is 5.28. The molecule has 0 bridgehead atoms. The maximum atomic E-state index is 13.5. The molecule has 1 aliphatic carbocycles. The second-order valence-electron chi connectivity index (χ2n) is 5.83. The van der Waals surface area contributed by atoms with Crippen molar-refractivity contribution in [1.82, 2.24) is 5.32 Å². The van der Waals surface area contributed by atoms with Crippen molar-refractivity contribution < 1.29 is 18.7 Å². The zero-order valence-corrected chi connectivity index (χ0v) is 12.0. The lowest BCUT2D eigenvalue weighted by Gasteiger charge is -2.26. The van der Waals surface area contributed by atoms with E-state index in [-0.39, 0.29) is 24.4 Å². The second-order valence-corrected chi connectivity index (χ2v) is 5.83. The first-order chi connectivity index (χ1) is 9.98. The molecule has 1 aliphatic rings. The summed E-state index contributed by atoms with van der Waals surface area (Å²) in [6.45, 7) is 0.189. The first-order valence-corrected chi connectivity index (χ1v) is 7.42. The smallest absolute Gasteiger partial charge is 0.224 e. The van der Waals surface area contributed by atoms with E-state index in [1.807, 2.05) is 0 Å². The fraction of sp³-hybridized carbons (Fsp3) is 0.562. The number of halogens is 2. The van der Waals surface area contributed by atoms with E-state index < -0.39 is 17.2 Å². The molecule has 2 rings (SSSR count). The molecule has 0 aromatic heterocycles. The molecule has 0 aliphatic heterocycles. The summed E-state index contributed by atoms with van der Waals surface area (Å²) in [6.07, 6.45) is 5.34. The Morgan fingerprint density at radius 2 is 1.86 bits per heavy atom. The van der Waals surface area contributed by atoms with Crippen LogP contribution in [0, 0.1) is 11.6 Å². The molecule has 0 unspecified atom stereocenters. The molecule has 1 amide bonds. The van der Waals surface area contributed by atoms with Crippen LogP contribution in [-0.4, -0.2) is 23.2 Å². The average molecular weight is 297 g/mol. The summed E-state index contributed by atoms with van der Waals surface area (Å²) in [5.74, 6) is -1.75. The number of rotatable bonds is 4. The van der Waals surface area contributed by atoms with E-state index in [0.29, 0.717) is 12.8 Å². The molecule has 1 aromatic rings. The van der Waals surface area contributed by atoms with Gasteiger partial charge in [0.2, 0.25) is 5.91 Å². The molecule has 1 fully saturated rings. The van der Waals surface area contributed by atoms with E-state index in [9.17, 15) is 18.7 Å². The van der Waals surface area contributed by atoms with Gasteiger partial charge in [-0.15, -0.1) is 0 Å². The van der Waals surface area contributed by atoms with Crippen LogP contribution in [0.4, 0.5) is 8.78 Å². The van der Waals surface area contributed by atoms with Gasteiger partial charge in [-0.1, -0.05) is 31.7 Å². The fourth-order valence-corrected chi connectivity index (χ4v) is 2.73. The summed E-state index contributed by atoms with van der Waals surface area (Å²) < 4.78 is 26.3. The SMILES string of the molecule is O=C(Cc1ccc(F)cc1F)NCC1(O)CCCCCC1. The van der Waals surface area contributed by atoms with E-state index >= 15 is 0 Å². The Morgan fingerprint density at radius 3 is 2.48 bits per heavy atom. The normalized spacial score (nSPS) is 18.0. The Labute approximate surface area is 123 Å². The van der Waals surface area contributed by atoms with Gasteiger partial charge < -0.3 is 10.4 Å². The molecule has 21 heavy (non-hydrogen) atoms. The van der Waals surface area contributed by atoms with Gasteiger partial charge in [0.1, 0.15) is 11.6 Å². The van der Waals surface area contributed by atoms with Crippen molar-refractivity contribution >= 4 is 5.91 Å². The van der Waals surface area contributed by atoms with Gasteiger partial charge in [-0.3, -0.25) is 4.79 Å². The molecule has 0 heterocycles. The van der Waals surface area contributed by atoms with Crippen LogP contribution in [0.3, 0.4) is 0 Å². The van der Waals surface area contributed by atoms with Crippen molar-refractivity contribution in [3.63, 3.8) is 0 Å². The van der Waals surface area contributed by atoms with E-state index in [4.69, 9.17) is 0 Å². The van der Waals surface area contributed by atoms with Crippen molar-refractivity contribution in [2.24, 2.45) is 0 Å². The van der Waals surface area contributed by atoms with E-state index in [0.717, 1.165) is 37.8 Å². The average Bonchev–Trinajstić information content (AvgIpc) is 2.65. The number of nitrogens with one attached hydrogen (secondary N) is 1. The van der Waals surface area contributed by atoms with Crippen LogP contribution in [0.15, 0.2) is 18.2 Å². The van der Waals surface area contributed by atoms with Gasteiger partial charge in [0.15, 0.2) is 0 Å². The zero-order chi connectivity index (χ0) is 15.3. The molecule has 0 radical (unpaired) electrons. The topological polar surface area (TPSA) is 49.3 Å². The van der Waals surface area contributed by atoms with Crippen LogP contribution >= 0.6 is 0 Å². The maximum Gasteiger partial charge on any atom is 0.224 e. The molecule has 0 saturated heterocycles. The second kappa shape index (κ2) is 6.98. The first kappa shape index (κ1) is 15.9. The fourth-order valence-electron chi connectivity index (χ4n) is 2.73. The number of aliphatic hydroxyl groups is 1. The number of carbonyl (C=O) groups is 1. The van der Waals surface area contributed by atoms with Crippen molar-refractivity contribution in [2.75, 3.05) is 6.54 Å². The molecule has 0 spiro atoms. The number of hydrogen-bond acceptors (Lipinski definition) is 2. The standard InChI is InChI=1S/C16H21F2NO2/c17-13-6-5-12(14(18)10-13)9-15(20)19-11-16(21)7-3-1-2-4-8-16/h5-6,10,21H,1-4,7-9,11H2,(H,19,20). The summed E-state index contributed by atoms with van der Waals surface area (Å²) in [6, 6.07) is 3.16. The van der Waals surface area contributed by atoms with Gasteiger partial charge in [0, 0.05) is 12.6 Å². The lowest BCUT2D eigenvalue weighted by Crippen LogP contribution is -2.43. The van der Waals surface area contributed by atoms with Crippen LogP contribution in [0.25, 0.3) is 0 Å². The third-order valence-electron chi connectivity index (χ3n) is 4.02. The van der Waals surface area contributed by atoms with Crippen LogP contribution in [0.2, 0.25) is 0 Å².